The lowest BCUT2D eigenvalue weighted by Crippen LogP contribution is -2.52. The Morgan fingerprint density at radius 3 is 1.72 bits per heavy atom. The van der Waals surface area contributed by atoms with E-state index in [1.165, 1.54) is 4.90 Å². The number of hydrogen-bond donors (Lipinski definition) is 0. The summed E-state index contributed by atoms with van der Waals surface area (Å²) in [7, 11) is 3.40. The minimum absolute atomic E-state index is 0.0699. The zero-order valence-corrected chi connectivity index (χ0v) is 21.7. The molecule has 3 aromatic rings. The number of benzene rings is 3. The molecule has 36 heavy (non-hydrogen) atoms. The predicted octanol–water partition coefficient (Wildman–Crippen LogP) is 5.48. The molecule has 0 aromatic heterocycles. The van der Waals surface area contributed by atoms with E-state index < -0.39 is 17.8 Å². The number of hydrogen-bond acceptors (Lipinski definition) is 4. The molecule has 186 valence electrons. The largest absolute Gasteiger partial charge is 0.348 e. The van der Waals surface area contributed by atoms with Crippen LogP contribution in [0.15, 0.2) is 78.9 Å². The van der Waals surface area contributed by atoms with Crippen molar-refractivity contribution in [2.45, 2.75) is 5.92 Å². The normalized spacial score (nSPS) is 20.1. The number of carbonyl (C=O) groups excluding carboxylic acids is 3. The van der Waals surface area contributed by atoms with Crippen molar-refractivity contribution in [3.8, 4) is 0 Å². The minimum Gasteiger partial charge on any atom is -0.348 e. The Labute approximate surface area is 221 Å². The van der Waals surface area contributed by atoms with Crippen LogP contribution in [0.25, 0.3) is 0 Å². The van der Waals surface area contributed by atoms with Crippen molar-refractivity contribution in [2.24, 2.45) is 11.8 Å². The first-order valence-electron chi connectivity index (χ1n) is 11.8. The highest BCUT2D eigenvalue weighted by atomic mass is 35.5. The van der Waals surface area contributed by atoms with Gasteiger partial charge in [-0.2, -0.15) is 0 Å². The first-order valence-corrected chi connectivity index (χ1v) is 12.6. The Morgan fingerprint density at radius 1 is 0.778 bits per heavy atom. The van der Waals surface area contributed by atoms with E-state index in [4.69, 9.17) is 23.2 Å². The monoisotopic (exact) mass is 522 g/mol. The number of amides is 1. The van der Waals surface area contributed by atoms with Crippen molar-refractivity contribution < 1.29 is 14.4 Å². The Kier molecular flexibility index (Phi) is 8.24. The lowest BCUT2D eigenvalue weighted by atomic mass is 9.68. The summed E-state index contributed by atoms with van der Waals surface area (Å²) in [5.41, 5.74) is 1.92. The van der Waals surface area contributed by atoms with Gasteiger partial charge in [0, 0.05) is 56.1 Å². The first-order chi connectivity index (χ1) is 17.3. The highest BCUT2D eigenvalue weighted by molar-refractivity contribution is 6.42. The van der Waals surface area contributed by atoms with Crippen molar-refractivity contribution in [1.29, 1.82) is 0 Å². The molecule has 1 saturated heterocycles. The third-order valence-electron chi connectivity index (χ3n) is 6.75. The molecule has 7 heteroatoms. The highest BCUT2D eigenvalue weighted by Gasteiger charge is 2.45. The molecule has 5 nitrogen and oxygen atoms in total. The van der Waals surface area contributed by atoms with E-state index in [1.54, 1.807) is 50.5 Å². The van der Waals surface area contributed by atoms with E-state index in [0.29, 0.717) is 34.3 Å². The molecule has 0 N–H and O–H groups in total. The SMILES string of the molecule is CN(C)C(=O)CN1CC(C(=O)c2ccccc2)C(c2ccc(Cl)c(Cl)c2)C(C(=O)c2ccccc2)C1. The number of piperidine rings is 1. The van der Waals surface area contributed by atoms with Gasteiger partial charge in [0.1, 0.15) is 0 Å². The standard InChI is InChI=1S/C29H28Cl2N2O3/c1-32(2)26(34)18-33-16-22(28(35)19-9-5-3-6-10-19)27(21-13-14-24(30)25(31)15-21)23(17-33)29(36)20-11-7-4-8-12-20/h3-15,22-23,27H,16-18H2,1-2H3. The van der Waals surface area contributed by atoms with Crippen LogP contribution in [0.5, 0.6) is 0 Å². The second kappa shape index (κ2) is 11.4. The third-order valence-corrected chi connectivity index (χ3v) is 7.49. The molecule has 2 atom stereocenters. The second-order valence-electron chi connectivity index (χ2n) is 9.36. The molecule has 0 spiro atoms. The molecule has 2 unspecified atom stereocenters. The number of nitrogens with zero attached hydrogens (tertiary/aromatic N) is 2. The number of likely N-dealkylation sites (N-methyl/N-ethyl adjacent to an activating group) is 1. The molecule has 1 fully saturated rings. The lowest BCUT2D eigenvalue weighted by molar-refractivity contribution is -0.130. The van der Waals surface area contributed by atoms with Gasteiger partial charge >= 0.3 is 0 Å². The minimum atomic E-state index is -0.564. The summed E-state index contributed by atoms with van der Waals surface area (Å²) in [5.74, 6) is -1.79. The number of rotatable bonds is 7. The molecule has 1 aliphatic rings. The lowest BCUT2D eigenvalue weighted by Gasteiger charge is -2.43. The number of carbonyl (C=O) groups is 3. The van der Waals surface area contributed by atoms with Gasteiger partial charge in [-0.3, -0.25) is 19.3 Å². The fraction of sp³-hybridized carbons (Fsp3) is 0.276. The van der Waals surface area contributed by atoms with E-state index in [-0.39, 0.29) is 24.0 Å². The van der Waals surface area contributed by atoms with E-state index in [0.717, 1.165) is 5.56 Å². The van der Waals surface area contributed by atoms with Crippen molar-refractivity contribution in [1.82, 2.24) is 9.80 Å². The van der Waals surface area contributed by atoms with Gasteiger partial charge in [0.15, 0.2) is 11.6 Å². The van der Waals surface area contributed by atoms with E-state index >= 15 is 0 Å². The molecule has 1 aliphatic heterocycles. The van der Waals surface area contributed by atoms with Crippen LogP contribution in [0.3, 0.4) is 0 Å². The summed E-state index contributed by atoms with van der Waals surface area (Å²) >= 11 is 12.6. The fourth-order valence-electron chi connectivity index (χ4n) is 4.91. The van der Waals surface area contributed by atoms with Crippen molar-refractivity contribution in [2.75, 3.05) is 33.7 Å². The molecule has 3 aromatic carbocycles. The number of ketones is 2. The van der Waals surface area contributed by atoms with Crippen LogP contribution < -0.4 is 0 Å². The third kappa shape index (κ3) is 5.70. The number of likely N-dealkylation sites (tertiary alicyclic amines) is 1. The number of halogens is 2. The molecular formula is C29H28Cl2N2O3. The summed E-state index contributed by atoms with van der Waals surface area (Å²) in [4.78, 5) is 43.9. The van der Waals surface area contributed by atoms with Crippen LogP contribution in [0.2, 0.25) is 10.0 Å². The van der Waals surface area contributed by atoms with Gasteiger partial charge in [-0.25, -0.2) is 0 Å². The summed E-state index contributed by atoms with van der Waals surface area (Å²) in [5, 5.41) is 0.780. The summed E-state index contributed by atoms with van der Waals surface area (Å²) in [6.07, 6.45) is 0. The van der Waals surface area contributed by atoms with Crippen LogP contribution in [0.4, 0.5) is 0 Å². The summed E-state index contributed by atoms with van der Waals surface area (Å²) < 4.78 is 0. The Balaban J connectivity index is 1.82. The Morgan fingerprint density at radius 2 is 1.28 bits per heavy atom. The number of Topliss-reactive ketones (excluding diaryl/α,β-unsaturated/α-hetero) is 2. The van der Waals surface area contributed by atoms with Crippen molar-refractivity contribution >= 4 is 40.7 Å². The molecule has 0 radical (unpaired) electrons. The summed E-state index contributed by atoms with van der Waals surface area (Å²) in [6, 6.07) is 23.5. The maximum atomic E-state index is 13.9. The molecule has 0 aliphatic carbocycles. The van der Waals surface area contributed by atoms with Crippen LogP contribution in [-0.4, -0.2) is 61.0 Å². The average molecular weight is 523 g/mol. The van der Waals surface area contributed by atoms with Gasteiger partial charge in [-0.15, -0.1) is 0 Å². The zero-order valence-electron chi connectivity index (χ0n) is 20.2. The van der Waals surface area contributed by atoms with Gasteiger partial charge in [-0.1, -0.05) is 89.9 Å². The average Bonchev–Trinajstić information content (AvgIpc) is 2.90. The van der Waals surface area contributed by atoms with Crippen LogP contribution in [-0.2, 0) is 4.79 Å². The Hall–Kier alpha value is -2.99. The van der Waals surface area contributed by atoms with Crippen LogP contribution in [0, 0.1) is 11.8 Å². The van der Waals surface area contributed by atoms with Crippen LogP contribution in [0.1, 0.15) is 32.2 Å². The van der Waals surface area contributed by atoms with E-state index in [9.17, 15) is 14.4 Å². The summed E-state index contributed by atoms with van der Waals surface area (Å²) in [6.45, 7) is 0.811. The van der Waals surface area contributed by atoms with E-state index in [2.05, 4.69) is 0 Å². The quantitative estimate of drug-likeness (QED) is 0.385. The van der Waals surface area contributed by atoms with Gasteiger partial charge in [0.2, 0.25) is 5.91 Å². The van der Waals surface area contributed by atoms with Crippen molar-refractivity contribution in [3.63, 3.8) is 0 Å². The molecule has 0 saturated carbocycles. The Bertz CT molecular complexity index is 1190. The molecule has 4 rings (SSSR count). The van der Waals surface area contributed by atoms with Crippen LogP contribution >= 0.6 is 23.2 Å². The van der Waals surface area contributed by atoms with Gasteiger partial charge in [0.05, 0.1) is 16.6 Å². The van der Waals surface area contributed by atoms with E-state index in [1.807, 2.05) is 47.4 Å². The maximum Gasteiger partial charge on any atom is 0.236 e. The zero-order chi connectivity index (χ0) is 25.8. The fourth-order valence-corrected chi connectivity index (χ4v) is 5.22. The smallest absolute Gasteiger partial charge is 0.236 e. The maximum absolute atomic E-state index is 13.9. The first kappa shape index (κ1) is 26.1. The van der Waals surface area contributed by atoms with Gasteiger partial charge in [0.25, 0.3) is 0 Å². The molecule has 1 amide bonds. The second-order valence-corrected chi connectivity index (χ2v) is 10.2. The van der Waals surface area contributed by atoms with Gasteiger partial charge < -0.3 is 4.90 Å². The topological polar surface area (TPSA) is 57.7 Å². The highest BCUT2D eigenvalue weighted by Crippen LogP contribution is 2.42. The molecule has 1 heterocycles. The molecular weight excluding hydrogens is 495 g/mol. The van der Waals surface area contributed by atoms with Gasteiger partial charge in [-0.05, 0) is 17.7 Å². The molecule has 0 bridgehead atoms. The predicted molar refractivity (Wildman–Crippen MR) is 143 cm³/mol. The van der Waals surface area contributed by atoms with Crippen molar-refractivity contribution in [3.05, 3.63) is 106 Å².